The summed E-state index contributed by atoms with van der Waals surface area (Å²) in [6, 6.07) is 10.6. The van der Waals surface area contributed by atoms with Crippen LogP contribution in [-0.2, 0) is 12.7 Å². The van der Waals surface area contributed by atoms with Gasteiger partial charge in [-0.25, -0.2) is 0 Å². The van der Waals surface area contributed by atoms with Crippen molar-refractivity contribution in [2.75, 3.05) is 44.2 Å². The molecule has 0 unspecified atom stereocenters. The molecule has 3 nitrogen and oxygen atoms in total. The van der Waals surface area contributed by atoms with Crippen LogP contribution >= 0.6 is 11.3 Å². The molecule has 1 aromatic carbocycles. The number of likely N-dealkylation sites (tertiary alicyclic amines) is 1. The van der Waals surface area contributed by atoms with Crippen molar-refractivity contribution in [1.29, 1.82) is 0 Å². The average Bonchev–Trinajstić information content (AvgIpc) is 3.21. The predicted molar refractivity (Wildman–Crippen MR) is 108 cm³/mol. The van der Waals surface area contributed by atoms with E-state index in [-0.39, 0.29) is 0 Å². The fourth-order valence-electron chi connectivity index (χ4n) is 4.32. The van der Waals surface area contributed by atoms with E-state index in [0.717, 1.165) is 51.9 Å². The lowest BCUT2D eigenvalue weighted by Gasteiger charge is -2.44. The van der Waals surface area contributed by atoms with Gasteiger partial charge in [0.05, 0.1) is 5.56 Å². The van der Waals surface area contributed by atoms with E-state index in [1.165, 1.54) is 29.9 Å². The number of rotatable bonds is 4. The normalized spacial score (nSPS) is 22.5. The van der Waals surface area contributed by atoms with Crippen LogP contribution in [0.5, 0.6) is 0 Å². The molecule has 4 rings (SSSR count). The Kier molecular flexibility index (Phi) is 5.94. The predicted octanol–water partition coefficient (Wildman–Crippen LogP) is 4.55. The van der Waals surface area contributed by atoms with Gasteiger partial charge in [-0.2, -0.15) is 13.2 Å². The summed E-state index contributed by atoms with van der Waals surface area (Å²) in [4.78, 5) is 8.57. The molecule has 152 valence electrons. The molecule has 0 aliphatic carbocycles. The number of nitrogens with zero attached hydrogens (tertiary/aromatic N) is 3. The Hall–Kier alpha value is -1.57. The first kappa shape index (κ1) is 19.7. The summed E-state index contributed by atoms with van der Waals surface area (Å²) in [6.45, 7) is 6.64. The fraction of sp³-hybridized carbons (Fsp3) is 0.524. The largest absolute Gasteiger partial charge is 0.416 e. The van der Waals surface area contributed by atoms with E-state index in [4.69, 9.17) is 0 Å². The van der Waals surface area contributed by atoms with Crippen LogP contribution in [0.1, 0.15) is 23.3 Å². The average molecular weight is 410 g/mol. The molecule has 1 atom stereocenters. The van der Waals surface area contributed by atoms with Crippen LogP contribution in [-0.4, -0.2) is 55.1 Å². The van der Waals surface area contributed by atoms with Crippen molar-refractivity contribution >= 4 is 17.0 Å². The van der Waals surface area contributed by atoms with Crippen LogP contribution in [0.4, 0.5) is 18.9 Å². The molecule has 7 heteroatoms. The smallest absolute Gasteiger partial charge is 0.369 e. The monoisotopic (exact) mass is 409 g/mol. The van der Waals surface area contributed by atoms with Gasteiger partial charge in [-0.3, -0.25) is 9.80 Å². The number of benzene rings is 1. The van der Waals surface area contributed by atoms with E-state index >= 15 is 0 Å². The van der Waals surface area contributed by atoms with Gasteiger partial charge < -0.3 is 4.90 Å². The van der Waals surface area contributed by atoms with Gasteiger partial charge >= 0.3 is 6.18 Å². The number of thiophene rings is 1. The van der Waals surface area contributed by atoms with E-state index in [9.17, 15) is 13.2 Å². The second-order valence-electron chi connectivity index (χ2n) is 7.68. The van der Waals surface area contributed by atoms with Gasteiger partial charge in [0, 0.05) is 55.9 Å². The molecule has 2 aliphatic heterocycles. The Labute approximate surface area is 168 Å². The van der Waals surface area contributed by atoms with Crippen LogP contribution in [0.15, 0.2) is 41.8 Å². The molecule has 28 heavy (non-hydrogen) atoms. The van der Waals surface area contributed by atoms with Crippen molar-refractivity contribution < 1.29 is 13.2 Å². The van der Waals surface area contributed by atoms with Crippen molar-refractivity contribution in [3.05, 3.63) is 52.2 Å². The standard InChI is InChI=1S/C21H26F3N3S/c22-21(23,24)17-4-1-5-18(14-17)26-9-11-27(12-10-26)19-6-2-8-25(15-19)16-20-7-3-13-28-20/h1,3-5,7,13-14,19H,2,6,8-12,15-16H2/t19-/m1/s1. The lowest BCUT2D eigenvalue weighted by Crippen LogP contribution is -2.55. The molecule has 0 saturated carbocycles. The fourth-order valence-corrected chi connectivity index (χ4v) is 5.07. The van der Waals surface area contributed by atoms with E-state index in [0.29, 0.717) is 11.7 Å². The van der Waals surface area contributed by atoms with Crippen LogP contribution < -0.4 is 4.90 Å². The number of halogens is 3. The van der Waals surface area contributed by atoms with Crippen molar-refractivity contribution in [1.82, 2.24) is 9.80 Å². The van der Waals surface area contributed by atoms with Crippen molar-refractivity contribution in [2.24, 2.45) is 0 Å². The summed E-state index contributed by atoms with van der Waals surface area (Å²) in [7, 11) is 0. The second-order valence-corrected chi connectivity index (χ2v) is 8.71. The summed E-state index contributed by atoms with van der Waals surface area (Å²) in [5, 5.41) is 2.13. The third-order valence-corrected chi connectivity index (χ3v) is 6.67. The van der Waals surface area contributed by atoms with Crippen molar-refractivity contribution in [3.63, 3.8) is 0 Å². The molecule has 0 N–H and O–H groups in total. The third kappa shape index (κ3) is 4.70. The maximum atomic E-state index is 13.0. The van der Waals surface area contributed by atoms with Crippen LogP contribution in [0.25, 0.3) is 0 Å². The first-order chi connectivity index (χ1) is 13.5. The minimum atomic E-state index is -4.29. The third-order valence-electron chi connectivity index (χ3n) is 5.81. The summed E-state index contributed by atoms with van der Waals surface area (Å²) >= 11 is 1.81. The summed E-state index contributed by atoms with van der Waals surface area (Å²) in [5.74, 6) is 0. The van der Waals surface area contributed by atoms with E-state index in [1.807, 2.05) is 11.3 Å². The van der Waals surface area contributed by atoms with E-state index < -0.39 is 11.7 Å². The number of piperazine rings is 1. The quantitative estimate of drug-likeness (QED) is 0.733. The Morgan fingerprint density at radius 1 is 1.00 bits per heavy atom. The molecule has 2 fully saturated rings. The molecule has 3 heterocycles. The van der Waals surface area contributed by atoms with Gasteiger partial charge in [0.2, 0.25) is 0 Å². The zero-order valence-electron chi connectivity index (χ0n) is 15.9. The highest BCUT2D eigenvalue weighted by atomic mass is 32.1. The van der Waals surface area contributed by atoms with Crippen LogP contribution in [0.3, 0.4) is 0 Å². The summed E-state index contributed by atoms with van der Waals surface area (Å²) in [5.41, 5.74) is 0.112. The molecule has 2 saturated heterocycles. The summed E-state index contributed by atoms with van der Waals surface area (Å²) < 4.78 is 38.9. The topological polar surface area (TPSA) is 9.72 Å². The number of hydrogen-bond donors (Lipinski definition) is 0. The van der Waals surface area contributed by atoms with E-state index in [1.54, 1.807) is 6.07 Å². The Balaban J connectivity index is 1.32. The van der Waals surface area contributed by atoms with Gasteiger partial charge in [0.15, 0.2) is 0 Å². The zero-order valence-corrected chi connectivity index (χ0v) is 16.7. The van der Waals surface area contributed by atoms with Gasteiger partial charge in [-0.05, 0) is 49.0 Å². The highest BCUT2D eigenvalue weighted by molar-refractivity contribution is 7.09. The molecule has 2 aliphatic rings. The molecule has 2 aromatic rings. The Morgan fingerprint density at radius 3 is 2.54 bits per heavy atom. The zero-order chi connectivity index (χ0) is 19.6. The Bertz CT molecular complexity index is 755. The second kappa shape index (κ2) is 8.43. The van der Waals surface area contributed by atoms with Crippen LogP contribution in [0.2, 0.25) is 0 Å². The van der Waals surface area contributed by atoms with E-state index in [2.05, 4.69) is 32.2 Å². The minimum Gasteiger partial charge on any atom is -0.369 e. The Morgan fingerprint density at radius 2 is 1.82 bits per heavy atom. The van der Waals surface area contributed by atoms with Gasteiger partial charge in [-0.15, -0.1) is 11.3 Å². The lowest BCUT2D eigenvalue weighted by atomic mass is 10.0. The first-order valence-electron chi connectivity index (χ1n) is 9.90. The van der Waals surface area contributed by atoms with Gasteiger partial charge in [0.25, 0.3) is 0 Å². The molecular formula is C21H26F3N3S. The van der Waals surface area contributed by atoms with Crippen LogP contribution in [0, 0.1) is 0 Å². The van der Waals surface area contributed by atoms with Gasteiger partial charge in [-0.1, -0.05) is 12.1 Å². The molecule has 0 bridgehead atoms. The summed E-state index contributed by atoms with van der Waals surface area (Å²) in [6.07, 6.45) is -1.86. The van der Waals surface area contributed by atoms with Gasteiger partial charge in [0.1, 0.15) is 0 Å². The lowest BCUT2D eigenvalue weighted by molar-refractivity contribution is -0.137. The number of alkyl halides is 3. The first-order valence-corrected chi connectivity index (χ1v) is 10.8. The van der Waals surface area contributed by atoms with Crippen molar-refractivity contribution in [3.8, 4) is 0 Å². The molecule has 0 radical (unpaired) electrons. The molecule has 0 spiro atoms. The maximum absolute atomic E-state index is 13.0. The number of piperidine rings is 1. The number of anilines is 1. The molecular weight excluding hydrogens is 383 g/mol. The highest BCUT2D eigenvalue weighted by Gasteiger charge is 2.32. The van der Waals surface area contributed by atoms with Crippen molar-refractivity contribution in [2.45, 2.75) is 31.6 Å². The SMILES string of the molecule is FC(F)(F)c1cccc(N2CCN([C@@H]3CCCN(Cc4cccs4)C3)CC2)c1. The molecule has 1 aromatic heterocycles. The number of hydrogen-bond acceptors (Lipinski definition) is 4. The highest BCUT2D eigenvalue weighted by Crippen LogP contribution is 2.32. The minimum absolute atomic E-state index is 0.553. The molecule has 0 amide bonds. The maximum Gasteiger partial charge on any atom is 0.416 e.